The van der Waals surface area contributed by atoms with Crippen LogP contribution < -0.4 is 5.32 Å². The van der Waals surface area contributed by atoms with Crippen molar-refractivity contribution in [1.82, 2.24) is 10.2 Å². The number of carbonyl (C=O) groups excluding carboxylic acids is 1. The van der Waals surface area contributed by atoms with Gasteiger partial charge in [-0.2, -0.15) is 11.8 Å². The predicted octanol–water partition coefficient (Wildman–Crippen LogP) is 1.59. The van der Waals surface area contributed by atoms with E-state index in [1.807, 2.05) is 11.8 Å². The van der Waals surface area contributed by atoms with Crippen molar-refractivity contribution in [2.45, 2.75) is 32.2 Å². The lowest BCUT2D eigenvalue weighted by Gasteiger charge is -2.14. The molecule has 0 aromatic carbocycles. The summed E-state index contributed by atoms with van der Waals surface area (Å²) >= 11 is 1.88. The summed E-state index contributed by atoms with van der Waals surface area (Å²) in [4.78, 5) is 12.9. The smallest absolute Gasteiger partial charge is 0.222 e. The first-order valence-corrected chi connectivity index (χ1v) is 6.89. The van der Waals surface area contributed by atoms with Crippen LogP contribution >= 0.6 is 11.8 Å². The van der Waals surface area contributed by atoms with Gasteiger partial charge in [-0.3, -0.25) is 4.79 Å². The van der Waals surface area contributed by atoms with E-state index in [0.717, 1.165) is 13.0 Å². The molecule has 0 bridgehead atoms. The first-order valence-electron chi connectivity index (χ1n) is 5.50. The fraction of sp³-hybridized carbons (Fsp3) is 0.909. The van der Waals surface area contributed by atoms with Gasteiger partial charge in [-0.05, 0) is 38.3 Å². The van der Waals surface area contributed by atoms with Crippen molar-refractivity contribution < 1.29 is 4.79 Å². The molecular formula is C11H24N2OS. The first-order chi connectivity index (χ1) is 7.07. The van der Waals surface area contributed by atoms with Gasteiger partial charge in [-0.25, -0.2) is 0 Å². The molecule has 0 spiro atoms. The van der Waals surface area contributed by atoms with E-state index in [2.05, 4.69) is 18.5 Å². The topological polar surface area (TPSA) is 32.3 Å². The molecule has 3 nitrogen and oxygen atoms in total. The van der Waals surface area contributed by atoms with Crippen LogP contribution in [0.3, 0.4) is 0 Å². The van der Waals surface area contributed by atoms with Crippen LogP contribution in [0.15, 0.2) is 0 Å². The SMILES string of the molecule is CSCCC(C)NCCCC(=O)N(C)C. The zero-order chi connectivity index (χ0) is 11.7. The van der Waals surface area contributed by atoms with E-state index < -0.39 is 0 Å². The molecule has 0 aromatic heterocycles. The molecule has 1 unspecified atom stereocenters. The van der Waals surface area contributed by atoms with E-state index in [4.69, 9.17) is 0 Å². The molecule has 0 heterocycles. The maximum atomic E-state index is 11.3. The highest BCUT2D eigenvalue weighted by molar-refractivity contribution is 7.98. The minimum atomic E-state index is 0.216. The molecule has 0 saturated heterocycles. The minimum absolute atomic E-state index is 0.216. The lowest BCUT2D eigenvalue weighted by molar-refractivity contribution is -0.128. The molecular weight excluding hydrogens is 208 g/mol. The maximum Gasteiger partial charge on any atom is 0.222 e. The van der Waals surface area contributed by atoms with Gasteiger partial charge in [-0.1, -0.05) is 0 Å². The van der Waals surface area contributed by atoms with Crippen LogP contribution in [0.25, 0.3) is 0 Å². The molecule has 0 fully saturated rings. The highest BCUT2D eigenvalue weighted by Crippen LogP contribution is 2.00. The Balaban J connectivity index is 3.34. The van der Waals surface area contributed by atoms with Crippen molar-refractivity contribution in [3.63, 3.8) is 0 Å². The Kier molecular flexibility index (Phi) is 8.91. The van der Waals surface area contributed by atoms with E-state index in [-0.39, 0.29) is 5.91 Å². The summed E-state index contributed by atoms with van der Waals surface area (Å²) in [6.07, 6.45) is 4.90. The number of hydrogen-bond acceptors (Lipinski definition) is 3. The Labute approximate surface area is 98.0 Å². The largest absolute Gasteiger partial charge is 0.349 e. The lowest BCUT2D eigenvalue weighted by Crippen LogP contribution is -2.29. The summed E-state index contributed by atoms with van der Waals surface area (Å²) in [5, 5.41) is 3.43. The zero-order valence-corrected chi connectivity index (χ0v) is 11.2. The zero-order valence-electron chi connectivity index (χ0n) is 10.4. The van der Waals surface area contributed by atoms with Crippen LogP contribution in [0.1, 0.15) is 26.2 Å². The van der Waals surface area contributed by atoms with E-state index in [9.17, 15) is 4.79 Å². The molecule has 0 aromatic rings. The van der Waals surface area contributed by atoms with Crippen molar-refractivity contribution in [2.75, 3.05) is 32.6 Å². The minimum Gasteiger partial charge on any atom is -0.349 e. The van der Waals surface area contributed by atoms with Gasteiger partial charge in [0.2, 0.25) is 5.91 Å². The average Bonchev–Trinajstić information content (AvgIpc) is 2.20. The number of nitrogens with one attached hydrogen (secondary N) is 1. The number of hydrogen-bond donors (Lipinski definition) is 1. The first kappa shape index (κ1) is 14.8. The Hall–Kier alpha value is -0.220. The second-order valence-corrected chi connectivity index (χ2v) is 5.01. The van der Waals surface area contributed by atoms with Gasteiger partial charge >= 0.3 is 0 Å². The molecule has 0 rings (SSSR count). The van der Waals surface area contributed by atoms with Gasteiger partial charge in [0.1, 0.15) is 0 Å². The molecule has 15 heavy (non-hydrogen) atoms. The fourth-order valence-corrected chi connectivity index (χ4v) is 1.80. The Bertz CT molecular complexity index is 174. The molecule has 1 atom stereocenters. The normalized spacial score (nSPS) is 12.5. The monoisotopic (exact) mass is 232 g/mol. The molecule has 0 aliphatic heterocycles. The van der Waals surface area contributed by atoms with Crippen LogP contribution in [0.4, 0.5) is 0 Å². The van der Waals surface area contributed by atoms with E-state index in [1.165, 1.54) is 12.2 Å². The highest BCUT2D eigenvalue weighted by atomic mass is 32.2. The van der Waals surface area contributed by atoms with Crippen molar-refractivity contribution >= 4 is 17.7 Å². The average molecular weight is 232 g/mol. The van der Waals surface area contributed by atoms with Gasteiger partial charge in [0.15, 0.2) is 0 Å². The molecule has 4 heteroatoms. The molecule has 90 valence electrons. The summed E-state index contributed by atoms with van der Waals surface area (Å²) < 4.78 is 0. The number of nitrogens with zero attached hydrogens (tertiary/aromatic N) is 1. The van der Waals surface area contributed by atoms with Gasteiger partial charge in [0.25, 0.3) is 0 Å². The summed E-state index contributed by atoms with van der Waals surface area (Å²) in [7, 11) is 3.60. The molecule has 0 saturated carbocycles. The molecule has 0 radical (unpaired) electrons. The van der Waals surface area contributed by atoms with Crippen LogP contribution in [0, 0.1) is 0 Å². The predicted molar refractivity (Wildman–Crippen MR) is 68.4 cm³/mol. The van der Waals surface area contributed by atoms with Crippen LogP contribution in [-0.4, -0.2) is 49.5 Å². The second kappa shape index (κ2) is 9.04. The fourth-order valence-electron chi connectivity index (χ4n) is 1.21. The number of carbonyl (C=O) groups is 1. The summed E-state index contributed by atoms with van der Waals surface area (Å²) in [5.41, 5.74) is 0. The van der Waals surface area contributed by atoms with Gasteiger partial charge < -0.3 is 10.2 Å². The van der Waals surface area contributed by atoms with Crippen LogP contribution in [-0.2, 0) is 4.79 Å². The van der Waals surface area contributed by atoms with Crippen molar-refractivity contribution in [2.24, 2.45) is 0 Å². The van der Waals surface area contributed by atoms with Crippen LogP contribution in [0.5, 0.6) is 0 Å². The third-order valence-corrected chi connectivity index (χ3v) is 2.96. The van der Waals surface area contributed by atoms with E-state index in [1.54, 1.807) is 19.0 Å². The number of thioether (sulfide) groups is 1. The second-order valence-electron chi connectivity index (χ2n) is 4.03. The van der Waals surface area contributed by atoms with E-state index >= 15 is 0 Å². The van der Waals surface area contributed by atoms with Gasteiger partial charge in [0.05, 0.1) is 0 Å². The van der Waals surface area contributed by atoms with Crippen molar-refractivity contribution in [3.05, 3.63) is 0 Å². The quantitative estimate of drug-likeness (QED) is 0.645. The Morgan fingerprint density at radius 2 is 2.13 bits per heavy atom. The molecule has 0 aliphatic carbocycles. The standard InChI is InChI=1S/C11H24N2OS/c1-10(7-9-15-4)12-8-5-6-11(14)13(2)3/h10,12H,5-9H2,1-4H3. The summed E-state index contributed by atoms with van der Waals surface area (Å²) in [5.74, 6) is 1.42. The molecule has 1 N–H and O–H groups in total. The summed E-state index contributed by atoms with van der Waals surface area (Å²) in [6, 6.07) is 0.562. The highest BCUT2D eigenvalue weighted by Gasteiger charge is 2.04. The van der Waals surface area contributed by atoms with Crippen molar-refractivity contribution in [1.29, 1.82) is 0 Å². The maximum absolute atomic E-state index is 11.3. The molecule has 1 amide bonds. The van der Waals surface area contributed by atoms with Crippen molar-refractivity contribution in [3.8, 4) is 0 Å². The lowest BCUT2D eigenvalue weighted by atomic mass is 10.2. The van der Waals surface area contributed by atoms with E-state index in [0.29, 0.717) is 12.5 Å². The number of amides is 1. The van der Waals surface area contributed by atoms with Gasteiger partial charge in [-0.15, -0.1) is 0 Å². The third kappa shape index (κ3) is 8.75. The van der Waals surface area contributed by atoms with Gasteiger partial charge in [0, 0.05) is 26.6 Å². The Morgan fingerprint density at radius 3 is 2.67 bits per heavy atom. The number of rotatable bonds is 8. The summed E-state index contributed by atoms with van der Waals surface area (Å²) in [6.45, 7) is 3.14. The molecule has 0 aliphatic rings. The van der Waals surface area contributed by atoms with Crippen LogP contribution in [0.2, 0.25) is 0 Å². The Morgan fingerprint density at radius 1 is 1.47 bits per heavy atom. The third-order valence-electron chi connectivity index (χ3n) is 2.31.